The zero-order valence-electron chi connectivity index (χ0n) is 18.3. The molecule has 1 N–H and O–H groups in total. The summed E-state index contributed by atoms with van der Waals surface area (Å²) in [5.74, 6) is -0.401. The summed E-state index contributed by atoms with van der Waals surface area (Å²) in [6.45, 7) is 8.70. The normalized spacial score (nSPS) is 11.4. The number of nitrogens with one attached hydrogen (secondary N) is 1. The summed E-state index contributed by atoms with van der Waals surface area (Å²) < 4.78 is 27.6. The molecule has 0 saturated heterocycles. The number of rotatable bonds is 5. The van der Waals surface area contributed by atoms with E-state index in [0.29, 0.717) is 16.9 Å². The van der Waals surface area contributed by atoms with E-state index in [1.807, 2.05) is 32.9 Å². The number of hydrogen-bond donors (Lipinski definition) is 1. The highest BCUT2D eigenvalue weighted by Crippen LogP contribution is 2.22. The van der Waals surface area contributed by atoms with Crippen LogP contribution in [0, 0.1) is 34.6 Å². The van der Waals surface area contributed by atoms with Gasteiger partial charge in [-0.15, -0.1) is 0 Å². The number of aromatic nitrogens is 1. The topological polar surface area (TPSA) is 85.2 Å². The summed E-state index contributed by atoms with van der Waals surface area (Å²) in [5.41, 5.74) is 3.72. The van der Waals surface area contributed by atoms with Crippen LogP contribution in [0.15, 0.2) is 63.1 Å². The average Bonchev–Trinajstić information content (AvgIpc) is 2.68. The van der Waals surface area contributed by atoms with Gasteiger partial charge < -0.3 is 9.88 Å². The predicted octanol–water partition coefficient (Wildman–Crippen LogP) is 3.86. The van der Waals surface area contributed by atoms with E-state index in [2.05, 4.69) is 5.32 Å². The Morgan fingerprint density at radius 2 is 1.58 bits per heavy atom. The van der Waals surface area contributed by atoms with Crippen LogP contribution in [0.25, 0.3) is 0 Å². The molecule has 0 bridgehead atoms. The maximum Gasteiger partial charge on any atom is 0.270 e. The van der Waals surface area contributed by atoms with Crippen LogP contribution in [-0.2, 0) is 21.2 Å². The number of carbonyl (C=O) groups excluding carboxylic acids is 1. The summed E-state index contributed by atoms with van der Waals surface area (Å²) in [6.07, 6.45) is 0. The molecule has 1 aromatic heterocycles. The maximum atomic E-state index is 13.2. The van der Waals surface area contributed by atoms with Crippen molar-refractivity contribution >= 4 is 21.4 Å². The third kappa shape index (κ3) is 4.46. The summed E-state index contributed by atoms with van der Waals surface area (Å²) in [7, 11) is -4.03. The standard InChI is InChI=1S/C24H26N2O4S/c1-15-9-11-20(12-10-15)31(29,30)23-17(3)13-18(4)26(24(23)28)14-22(27)25-21-8-6-7-16(2)19(21)5/h6-13H,14H2,1-5H3,(H,25,27). The van der Waals surface area contributed by atoms with Gasteiger partial charge in [-0.1, -0.05) is 29.8 Å². The molecule has 6 nitrogen and oxygen atoms in total. The van der Waals surface area contributed by atoms with Crippen LogP contribution in [0.2, 0.25) is 0 Å². The molecule has 0 fully saturated rings. The Morgan fingerprint density at radius 1 is 0.935 bits per heavy atom. The van der Waals surface area contributed by atoms with Crippen LogP contribution in [0.4, 0.5) is 5.69 Å². The second kappa shape index (κ2) is 8.51. The van der Waals surface area contributed by atoms with E-state index in [0.717, 1.165) is 16.7 Å². The van der Waals surface area contributed by atoms with Crippen LogP contribution in [0.1, 0.15) is 27.9 Å². The van der Waals surface area contributed by atoms with Gasteiger partial charge in [-0.25, -0.2) is 8.42 Å². The smallest absolute Gasteiger partial charge is 0.270 e. The van der Waals surface area contributed by atoms with E-state index in [-0.39, 0.29) is 16.3 Å². The van der Waals surface area contributed by atoms with Crippen molar-refractivity contribution in [1.82, 2.24) is 4.57 Å². The number of nitrogens with zero attached hydrogens (tertiary/aromatic N) is 1. The number of pyridine rings is 1. The summed E-state index contributed by atoms with van der Waals surface area (Å²) in [4.78, 5) is 25.6. The van der Waals surface area contributed by atoms with Crippen LogP contribution in [0.3, 0.4) is 0 Å². The number of aryl methyl sites for hydroxylation is 4. The second-order valence-electron chi connectivity index (χ2n) is 7.80. The molecule has 0 aliphatic rings. The number of carbonyl (C=O) groups is 1. The van der Waals surface area contributed by atoms with E-state index in [1.54, 1.807) is 38.1 Å². The van der Waals surface area contributed by atoms with Crippen molar-refractivity contribution in [1.29, 1.82) is 0 Å². The molecule has 3 rings (SSSR count). The van der Waals surface area contributed by atoms with E-state index < -0.39 is 21.3 Å². The predicted molar refractivity (Wildman–Crippen MR) is 121 cm³/mol. The van der Waals surface area contributed by atoms with Crippen molar-refractivity contribution < 1.29 is 13.2 Å². The molecule has 0 unspecified atom stereocenters. The SMILES string of the molecule is Cc1ccc(S(=O)(=O)c2c(C)cc(C)n(CC(=O)Nc3cccc(C)c3C)c2=O)cc1. The Bertz CT molecular complexity index is 1320. The van der Waals surface area contributed by atoms with E-state index in [9.17, 15) is 18.0 Å². The lowest BCUT2D eigenvalue weighted by Gasteiger charge is -2.16. The van der Waals surface area contributed by atoms with Gasteiger partial charge in [0.05, 0.1) is 4.90 Å². The van der Waals surface area contributed by atoms with Crippen LogP contribution < -0.4 is 10.9 Å². The molecular weight excluding hydrogens is 412 g/mol. The van der Waals surface area contributed by atoms with Gasteiger partial charge in [0.25, 0.3) is 5.56 Å². The third-order valence-electron chi connectivity index (χ3n) is 5.43. The number of hydrogen-bond acceptors (Lipinski definition) is 4. The Morgan fingerprint density at radius 3 is 2.23 bits per heavy atom. The first-order chi connectivity index (χ1) is 14.5. The Kier molecular flexibility index (Phi) is 6.18. The summed E-state index contributed by atoms with van der Waals surface area (Å²) in [5, 5.41) is 2.82. The Balaban J connectivity index is 2.01. The molecule has 0 atom stereocenters. The van der Waals surface area contributed by atoms with Crippen molar-refractivity contribution in [2.24, 2.45) is 0 Å². The first-order valence-electron chi connectivity index (χ1n) is 9.91. The van der Waals surface area contributed by atoms with Gasteiger partial charge in [0, 0.05) is 11.4 Å². The highest BCUT2D eigenvalue weighted by Gasteiger charge is 2.26. The van der Waals surface area contributed by atoms with Crippen LogP contribution >= 0.6 is 0 Å². The first-order valence-corrected chi connectivity index (χ1v) is 11.4. The van der Waals surface area contributed by atoms with Crippen molar-refractivity contribution in [2.75, 3.05) is 5.32 Å². The highest BCUT2D eigenvalue weighted by molar-refractivity contribution is 7.91. The minimum absolute atomic E-state index is 0.0496. The lowest BCUT2D eigenvalue weighted by Crippen LogP contribution is -2.33. The number of benzene rings is 2. The van der Waals surface area contributed by atoms with Gasteiger partial charge in [0.2, 0.25) is 15.7 Å². The van der Waals surface area contributed by atoms with Gasteiger partial charge in [0.1, 0.15) is 11.4 Å². The first kappa shape index (κ1) is 22.5. The molecule has 0 aliphatic heterocycles. The monoisotopic (exact) mass is 438 g/mol. The molecule has 3 aromatic rings. The molecule has 7 heteroatoms. The van der Waals surface area contributed by atoms with Crippen molar-refractivity contribution in [3.8, 4) is 0 Å². The molecule has 0 spiro atoms. The van der Waals surface area contributed by atoms with E-state index >= 15 is 0 Å². The number of anilines is 1. The molecule has 0 aliphatic carbocycles. The highest BCUT2D eigenvalue weighted by atomic mass is 32.2. The fraction of sp³-hybridized carbons (Fsp3) is 0.250. The Hall–Kier alpha value is -3.19. The molecule has 1 amide bonds. The van der Waals surface area contributed by atoms with Crippen LogP contribution in [-0.4, -0.2) is 18.9 Å². The Labute approximate surface area is 182 Å². The van der Waals surface area contributed by atoms with Crippen LogP contribution in [0.5, 0.6) is 0 Å². The van der Waals surface area contributed by atoms with Gasteiger partial charge in [-0.05, 0) is 75.6 Å². The van der Waals surface area contributed by atoms with Crippen molar-refractivity contribution in [2.45, 2.75) is 51.0 Å². The average molecular weight is 439 g/mol. The van der Waals surface area contributed by atoms with Gasteiger partial charge in [-0.3, -0.25) is 9.59 Å². The fourth-order valence-electron chi connectivity index (χ4n) is 3.49. The zero-order valence-corrected chi connectivity index (χ0v) is 19.1. The second-order valence-corrected chi connectivity index (χ2v) is 9.69. The lowest BCUT2D eigenvalue weighted by molar-refractivity contribution is -0.116. The molecule has 31 heavy (non-hydrogen) atoms. The lowest BCUT2D eigenvalue weighted by atomic mass is 10.1. The zero-order chi connectivity index (χ0) is 22.9. The molecule has 0 radical (unpaired) electrons. The molecule has 2 aromatic carbocycles. The van der Waals surface area contributed by atoms with Crippen molar-refractivity contribution in [3.63, 3.8) is 0 Å². The van der Waals surface area contributed by atoms with Gasteiger partial charge in [-0.2, -0.15) is 0 Å². The minimum Gasteiger partial charge on any atom is -0.324 e. The number of amides is 1. The molecule has 1 heterocycles. The van der Waals surface area contributed by atoms with Crippen molar-refractivity contribution in [3.05, 3.63) is 86.8 Å². The van der Waals surface area contributed by atoms with E-state index in [4.69, 9.17) is 0 Å². The summed E-state index contributed by atoms with van der Waals surface area (Å²) >= 11 is 0. The van der Waals surface area contributed by atoms with Gasteiger partial charge >= 0.3 is 0 Å². The summed E-state index contributed by atoms with van der Waals surface area (Å²) in [6, 6.07) is 13.5. The van der Waals surface area contributed by atoms with E-state index in [1.165, 1.54) is 16.7 Å². The molecular formula is C24H26N2O4S. The third-order valence-corrected chi connectivity index (χ3v) is 7.36. The maximum absolute atomic E-state index is 13.2. The quantitative estimate of drug-likeness (QED) is 0.655. The largest absolute Gasteiger partial charge is 0.324 e. The number of sulfone groups is 1. The van der Waals surface area contributed by atoms with Gasteiger partial charge in [0.15, 0.2) is 0 Å². The fourth-order valence-corrected chi connectivity index (χ4v) is 5.04. The molecule has 162 valence electrons. The minimum atomic E-state index is -4.03. The molecule has 0 saturated carbocycles.